The topological polar surface area (TPSA) is 41.1 Å². The van der Waals surface area contributed by atoms with Crippen LogP contribution in [0.5, 0.6) is 0 Å². The lowest BCUT2D eigenvalue weighted by molar-refractivity contribution is -0.121. The van der Waals surface area contributed by atoms with Gasteiger partial charge < -0.3 is 10.6 Å². The maximum absolute atomic E-state index is 13.5. The van der Waals surface area contributed by atoms with E-state index >= 15 is 0 Å². The molecule has 0 spiro atoms. The summed E-state index contributed by atoms with van der Waals surface area (Å²) in [6.07, 6.45) is 0.855. The largest absolute Gasteiger partial charge is 0.351 e. The van der Waals surface area contributed by atoms with Crippen molar-refractivity contribution in [3.63, 3.8) is 0 Å². The zero-order valence-corrected chi connectivity index (χ0v) is 13.6. The Morgan fingerprint density at radius 2 is 1.84 bits per heavy atom. The highest BCUT2D eigenvalue weighted by molar-refractivity contribution is 5.79. The predicted octanol–water partition coefficient (Wildman–Crippen LogP) is 2.91. The molecule has 1 heterocycles. The molecule has 3 rings (SSSR count). The molecule has 0 aliphatic carbocycles. The van der Waals surface area contributed by atoms with Crippen LogP contribution in [0.25, 0.3) is 0 Å². The molecule has 1 aliphatic heterocycles. The van der Waals surface area contributed by atoms with Crippen molar-refractivity contribution in [2.45, 2.75) is 24.8 Å². The first-order valence-corrected chi connectivity index (χ1v) is 8.22. The van der Waals surface area contributed by atoms with Crippen LogP contribution in [0, 0.1) is 17.5 Å². The van der Waals surface area contributed by atoms with E-state index in [0.29, 0.717) is 24.1 Å². The average Bonchev–Trinajstić information content (AvgIpc) is 2.60. The third kappa shape index (κ3) is 4.39. The lowest BCUT2D eigenvalue weighted by Crippen LogP contribution is -2.50. The Bertz CT molecular complexity index is 749. The van der Waals surface area contributed by atoms with Crippen LogP contribution < -0.4 is 10.6 Å². The van der Waals surface area contributed by atoms with Crippen LogP contribution in [0.15, 0.2) is 42.5 Å². The molecule has 0 bridgehead atoms. The van der Waals surface area contributed by atoms with Gasteiger partial charge in [0, 0.05) is 18.5 Å². The summed E-state index contributed by atoms with van der Waals surface area (Å²) in [5.74, 6) is -2.39. The molecule has 2 aromatic carbocycles. The second-order valence-electron chi connectivity index (χ2n) is 6.25. The predicted molar refractivity (Wildman–Crippen MR) is 88.6 cm³/mol. The van der Waals surface area contributed by atoms with Crippen molar-refractivity contribution in [1.82, 2.24) is 10.6 Å². The summed E-state index contributed by atoms with van der Waals surface area (Å²) in [6, 6.07) is 9.43. The van der Waals surface area contributed by atoms with Gasteiger partial charge in [-0.3, -0.25) is 4.79 Å². The van der Waals surface area contributed by atoms with Crippen molar-refractivity contribution >= 4 is 5.91 Å². The van der Waals surface area contributed by atoms with Crippen molar-refractivity contribution in [3.05, 3.63) is 71.0 Å². The van der Waals surface area contributed by atoms with Crippen LogP contribution in [0.1, 0.15) is 23.5 Å². The molecule has 25 heavy (non-hydrogen) atoms. The highest BCUT2D eigenvalue weighted by Gasteiger charge is 2.28. The number of carbonyl (C=O) groups excluding carboxylic acids is 1. The van der Waals surface area contributed by atoms with Crippen molar-refractivity contribution in [1.29, 1.82) is 0 Å². The van der Waals surface area contributed by atoms with E-state index in [1.165, 1.54) is 18.2 Å². The quantitative estimate of drug-likeness (QED) is 0.892. The summed E-state index contributed by atoms with van der Waals surface area (Å²) in [5, 5.41) is 6.16. The minimum absolute atomic E-state index is 0.0893. The van der Waals surface area contributed by atoms with Gasteiger partial charge in [0.05, 0.1) is 6.42 Å². The van der Waals surface area contributed by atoms with Crippen molar-refractivity contribution in [3.8, 4) is 0 Å². The first-order chi connectivity index (χ1) is 12.0. The third-order valence-electron chi connectivity index (χ3n) is 4.48. The molecule has 2 aromatic rings. The molecule has 1 amide bonds. The second kappa shape index (κ2) is 7.70. The SMILES string of the molecule is O=C(Cc1ccc(F)cc1)NC1CNCCC1c1ccc(F)c(F)c1. The van der Waals surface area contributed by atoms with E-state index in [0.717, 1.165) is 12.6 Å². The van der Waals surface area contributed by atoms with E-state index in [4.69, 9.17) is 0 Å². The number of carbonyl (C=O) groups is 1. The summed E-state index contributed by atoms with van der Waals surface area (Å²) in [6.45, 7) is 1.30. The minimum Gasteiger partial charge on any atom is -0.351 e. The minimum atomic E-state index is -0.882. The van der Waals surface area contributed by atoms with Gasteiger partial charge in [0.1, 0.15) is 5.82 Å². The number of amides is 1. The van der Waals surface area contributed by atoms with Gasteiger partial charge in [-0.25, -0.2) is 13.2 Å². The van der Waals surface area contributed by atoms with Crippen LogP contribution in [0.4, 0.5) is 13.2 Å². The monoisotopic (exact) mass is 348 g/mol. The number of benzene rings is 2. The molecule has 1 saturated heterocycles. The maximum atomic E-state index is 13.5. The Morgan fingerprint density at radius 3 is 2.56 bits per heavy atom. The molecular formula is C19H19F3N2O. The average molecular weight is 348 g/mol. The summed E-state index contributed by atoms with van der Waals surface area (Å²) < 4.78 is 39.6. The van der Waals surface area contributed by atoms with Crippen LogP contribution in [-0.2, 0) is 11.2 Å². The molecule has 1 aliphatic rings. The third-order valence-corrected chi connectivity index (χ3v) is 4.48. The van der Waals surface area contributed by atoms with E-state index in [2.05, 4.69) is 10.6 Å². The normalized spacial score (nSPS) is 20.3. The number of piperidine rings is 1. The van der Waals surface area contributed by atoms with E-state index in [-0.39, 0.29) is 30.1 Å². The summed E-state index contributed by atoms with van der Waals surface area (Å²) in [5.41, 5.74) is 1.39. The van der Waals surface area contributed by atoms with Crippen molar-refractivity contribution in [2.75, 3.05) is 13.1 Å². The first kappa shape index (κ1) is 17.5. The molecule has 2 N–H and O–H groups in total. The molecular weight excluding hydrogens is 329 g/mol. The fraction of sp³-hybridized carbons (Fsp3) is 0.316. The van der Waals surface area contributed by atoms with E-state index in [9.17, 15) is 18.0 Å². The van der Waals surface area contributed by atoms with Crippen molar-refractivity contribution < 1.29 is 18.0 Å². The molecule has 2 unspecified atom stereocenters. The van der Waals surface area contributed by atoms with Gasteiger partial charge in [0.2, 0.25) is 5.91 Å². The molecule has 132 valence electrons. The molecule has 2 atom stereocenters. The fourth-order valence-electron chi connectivity index (χ4n) is 3.20. The lowest BCUT2D eigenvalue weighted by atomic mass is 9.86. The van der Waals surface area contributed by atoms with E-state index in [1.54, 1.807) is 18.2 Å². The number of halogens is 3. The summed E-state index contributed by atoms with van der Waals surface area (Å²) in [7, 11) is 0. The Labute approximate surface area is 144 Å². The first-order valence-electron chi connectivity index (χ1n) is 8.22. The van der Waals surface area contributed by atoms with Gasteiger partial charge in [-0.15, -0.1) is 0 Å². The van der Waals surface area contributed by atoms with Gasteiger partial charge >= 0.3 is 0 Å². The summed E-state index contributed by atoms with van der Waals surface area (Å²) in [4.78, 5) is 12.3. The molecule has 1 fully saturated rings. The molecule has 0 aromatic heterocycles. The Morgan fingerprint density at radius 1 is 1.08 bits per heavy atom. The number of hydrogen-bond donors (Lipinski definition) is 2. The van der Waals surface area contributed by atoms with Crippen LogP contribution in [-0.4, -0.2) is 25.0 Å². The Kier molecular flexibility index (Phi) is 5.38. The van der Waals surface area contributed by atoms with Crippen LogP contribution in [0.2, 0.25) is 0 Å². The fourth-order valence-corrected chi connectivity index (χ4v) is 3.20. The molecule has 6 heteroatoms. The highest BCUT2D eigenvalue weighted by atomic mass is 19.2. The smallest absolute Gasteiger partial charge is 0.224 e. The second-order valence-corrected chi connectivity index (χ2v) is 6.25. The van der Waals surface area contributed by atoms with Gasteiger partial charge in [0.25, 0.3) is 0 Å². The molecule has 0 saturated carbocycles. The zero-order valence-electron chi connectivity index (χ0n) is 13.6. The van der Waals surface area contributed by atoms with E-state index in [1.807, 2.05) is 0 Å². The maximum Gasteiger partial charge on any atom is 0.224 e. The Hall–Kier alpha value is -2.34. The van der Waals surface area contributed by atoms with E-state index < -0.39 is 11.6 Å². The number of hydrogen-bond acceptors (Lipinski definition) is 2. The number of nitrogens with one attached hydrogen (secondary N) is 2. The van der Waals surface area contributed by atoms with Crippen LogP contribution >= 0.6 is 0 Å². The van der Waals surface area contributed by atoms with Gasteiger partial charge in [-0.05, 0) is 48.4 Å². The van der Waals surface area contributed by atoms with Gasteiger partial charge in [-0.1, -0.05) is 18.2 Å². The standard InChI is InChI=1S/C19H19F3N2O/c20-14-4-1-12(2-5-14)9-19(25)24-18-11-23-8-7-15(18)13-3-6-16(21)17(22)10-13/h1-6,10,15,18,23H,7-9,11H2,(H,24,25). The molecule has 0 radical (unpaired) electrons. The number of rotatable bonds is 4. The molecule has 3 nitrogen and oxygen atoms in total. The van der Waals surface area contributed by atoms with Crippen molar-refractivity contribution in [2.24, 2.45) is 0 Å². The van der Waals surface area contributed by atoms with Crippen LogP contribution in [0.3, 0.4) is 0 Å². The zero-order chi connectivity index (χ0) is 17.8. The van der Waals surface area contributed by atoms with Gasteiger partial charge in [-0.2, -0.15) is 0 Å². The highest BCUT2D eigenvalue weighted by Crippen LogP contribution is 2.27. The Balaban J connectivity index is 1.69. The summed E-state index contributed by atoms with van der Waals surface area (Å²) >= 11 is 0. The van der Waals surface area contributed by atoms with Gasteiger partial charge in [0.15, 0.2) is 11.6 Å². The lowest BCUT2D eigenvalue weighted by Gasteiger charge is -2.33.